The second kappa shape index (κ2) is 6.62. The highest BCUT2D eigenvalue weighted by Crippen LogP contribution is 2.41. The highest BCUT2D eigenvalue weighted by atomic mass is 35.5. The molecule has 0 bridgehead atoms. The van der Waals surface area contributed by atoms with Crippen molar-refractivity contribution in [2.45, 2.75) is 57.5 Å². The Morgan fingerprint density at radius 2 is 1.77 bits per heavy atom. The van der Waals surface area contributed by atoms with Gasteiger partial charge in [0, 0.05) is 17.3 Å². The Balaban J connectivity index is 1.96. The van der Waals surface area contributed by atoms with Gasteiger partial charge in [-0.3, -0.25) is 0 Å². The van der Waals surface area contributed by atoms with Crippen LogP contribution in [0.4, 0.5) is 5.69 Å². The molecule has 1 saturated carbocycles. The number of nitrogens with zero attached hydrogens (tertiary/aromatic N) is 2. The van der Waals surface area contributed by atoms with Gasteiger partial charge >= 0.3 is 0 Å². The van der Waals surface area contributed by atoms with E-state index < -0.39 is 0 Å². The topological polar surface area (TPSA) is 15.6 Å². The summed E-state index contributed by atoms with van der Waals surface area (Å²) < 4.78 is 0. The molecule has 2 fully saturated rings. The summed E-state index contributed by atoms with van der Waals surface area (Å²) in [4.78, 5) is 7.38. The van der Waals surface area contributed by atoms with Gasteiger partial charge < -0.3 is 4.90 Å². The zero-order chi connectivity index (χ0) is 15.7. The third-order valence-corrected chi connectivity index (χ3v) is 6.50. The summed E-state index contributed by atoms with van der Waals surface area (Å²) in [6.07, 6.45) is 6.53. The van der Waals surface area contributed by atoms with Gasteiger partial charge in [0.05, 0.1) is 10.0 Å². The summed E-state index contributed by atoms with van der Waals surface area (Å²) in [5, 5.41) is 2.31. The molecule has 2 nitrogen and oxygen atoms in total. The van der Waals surface area contributed by atoms with Crippen LogP contribution in [-0.4, -0.2) is 27.4 Å². The van der Waals surface area contributed by atoms with Crippen LogP contribution >= 0.6 is 35.0 Å². The van der Waals surface area contributed by atoms with Crippen molar-refractivity contribution in [1.82, 2.24) is 4.90 Å². The van der Waals surface area contributed by atoms with Crippen molar-refractivity contribution in [1.29, 1.82) is 0 Å². The van der Waals surface area contributed by atoms with Crippen LogP contribution in [0, 0.1) is 0 Å². The number of amidine groups is 1. The number of para-hydroxylation sites is 1. The fourth-order valence-corrected chi connectivity index (χ4v) is 5.20. The summed E-state index contributed by atoms with van der Waals surface area (Å²) >= 11 is 14.4. The molecule has 1 aliphatic carbocycles. The van der Waals surface area contributed by atoms with Gasteiger partial charge in [0.15, 0.2) is 5.17 Å². The second-order valence-electron chi connectivity index (χ2n) is 6.73. The molecule has 0 aromatic heterocycles. The molecule has 5 heteroatoms. The number of hydrogen-bond donors (Lipinski definition) is 0. The first-order valence-electron chi connectivity index (χ1n) is 7.94. The molecule has 2 aliphatic rings. The number of aliphatic imine (C=N–C) groups is 1. The molecule has 0 N–H and O–H groups in total. The lowest BCUT2D eigenvalue weighted by Gasteiger charge is -2.41. The molecule has 0 atom stereocenters. The smallest absolute Gasteiger partial charge is 0.165 e. The van der Waals surface area contributed by atoms with E-state index in [0.29, 0.717) is 21.8 Å². The highest BCUT2D eigenvalue weighted by molar-refractivity contribution is 8.14. The lowest BCUT2D eigenvalue weighted by atomic mass is 9.91. The quantitative estimate of drug-likeness (QED) is 0.632. The van der Waals surface area contributed by atoms with Crippen molar-refractivity contribution in [2.75, 3.05) is 5.75 Å². The Labute approximate surface area is 147 Å². The zero-order valence-corrected chi connectivity index (χ0v) is 15.4. The first kappa shape index (κ1) is 16.5. The predicted octanol–water partition coefficient (Wildman–Crippen LogP) is 6.14. The van der Waals surface area contributed by atoms with Gasteiger partial charge in [0.1, 0.15) is 5.69 Å². The lowest BCUT2D eigenvalue weighted by molar-refractivity contribution is 0.156. The SMILES string of the molecule is CC1(C)CSC(=Nc2c(Cl)cccc2Cl)N1C1CCCCC1. The number of benzene rings is 1. The highest BCUT2D eigenvalue weighted by Gasteiger charge is 2.41. The van der Waals surface area contributed by atoms with Gasteiger partial charge in [-0.25, -0.2) is 4.99 Å². The van der Waals surface area contributed by atoms with Gasteiger partial charge in [-0.05, 0) is 38.8 Å². The van der Waals surface area contributed by atoms with E-state index in [-0.39, 0.29) is 5.54 Å². The number of thioether (sulfide) groups is 1. The maximum Gasteiger partial charge on any atom is 0.165 e. The summed E-state index contributed by atoms with van der Waals surface area (Å²) in [5.41, 5.74) is 0.839. The molecule has 1 heterocycles. The third-order valence-electron chi connectivity index (χ3n) is 4.50. The number of halogens is 2. The van der Waals surface area contributed by atoms with E-state index in [4.69, 9.17) is 28.2 Å². The van der Waals surface area contributed by atoms with E-state index in [0.717, 1.165) is 10.9 Å². The molecule has 22 heavy (non-hydrogen) atoms. The van der Waals surface area contributed by atoms with Crippen molar-refractivity contribution in [3.8, 4) is 0 Å². The van der Waals surface area contributed by atoms with Gasteiger partial charge in [0.25, 0.3) is 0 Å². The molecule has 3 rings (SSSR count). The molecule has 1 aromatic carbocycles. The van der Waals surface area contributed by atoms with E-state index in [2.05, 4.69) is 18.7 Å². The maximum absolute atomic E-state index is 6.29. The van der Waals surface area contributed by atoms with Crippen molar-refractivity contribution < 1.29 is 0 Å². The van der Waals surface area contributed by atoms with E-state index >= 15 is 0 Å². The number of rotatable bonds is 2. The summed E-state index contributed by atoms with van der Waals surface area (Å²) in [6.45, 7) is 4.62. The van der Waals surface area contributed by atoms with Crippen LogP contribution in [0.5, 0.6) is 0 Å². The predicted molar refractivity (Wildman–Crippen MR) is 98.8 cm³/mol. The average molecular weight is 357 g/mol. The molecule has 120 valence electrons. The molecule has 0 spiro atoms. The monoisotopic (exact) mass is 356 g/mol. The van der Waals surface area contributed by atoms with Crippen molar-refractivity contribution in [3.05, 3.63) is 28.2 Å². The van der Waals surface area contributed by atoms with Crippen LogP contribution in [0.3, 0.4) is 0 Å². The van der Waals surface area contributed by atoms with Gasteiger partial charge in [-0.2, -0.15) is 0 Å². The van der Waals surface area contributed by atoms with Gasteiger partial charge in [0.2, 0.25) is 0 Å². The van der Waals surface area contributed by atoms with Crippen molar-refractivity contribution in [3.63, 3.8) is 0 Å². The Morgan fingerprint density at radius 1 is 1.14 bits per heavy atom. The standard InChI is InChI=1S/C17H22Cl2N2S/c1-17(2)11-22-16(21(17)12-7-4-3-5-8-12)20-15-13(18)9-6-10-14(15)19/h6,9-10,12H,3-5,7-8,11H2,1-2H3. The third kappa shape index (κ3) is 3.27. The summed E-state index contributed by atoms with van der Waals surface area (Å²) in [7, 11) is 0. The minimum atomic E-state index is 0.138. The largest absolute Gasteiger partial charge is 0.342 e. The minimum absolute atomic E-state index is 0.138. The van der Waals surface area contributed by atoms with E-state index in [1.807, 2.05) is 30.0 Å². The minimum Gasteiger partial charge on any atom is -0.342 e. The van der Waals surface area contributed by atoms with Crippen LogP contribution in [0.15, 0.2) is 23.2 Å². The summed E-state index contributed by atoms with van der Waals surface area (Å²) in [6, 6.07) is 6.16. The number of hydrogen-bond acceptors (Lipinski definition) is 2. The van der Waals surface area contributed by atoms with Crippen LogP contribution in [0.25, 0.3) is 0 Å². The molecule has 0 radical (unpaired) electrons. The van der Waals surface area contributed by atoms with Gasteiger partial charge in [-0.15, -0.1) is 0 Å². The molecule has 1 aliphatic heterocycles. The molecule has 0 unspecified atom stereocenters. The van der Waals surface area contributed by atoms with Crippen LogP contribution in [-0.2, 0) is 0 Å². The Kier molecular flexibility index (Phi) is 4.96. The van der Waals surface area contributed by atoms with E-state index in [1.165, 1.54) is 32.1 Å². The molecular formula is C17H22Cl2N2S. The molecule has 1 saturated heterocycles. The van der Waals surface area contributed by atoms with Crippen LogP contribution in [0.2, 0.25) is 10.0 Å². The van der Waals surface area contributed by atoms with Crippen LogP contribution in [0.1, 0.15) is 46.0 Å². The Bertz CT molecular complexity index is 560. The molecule has 0 amide bonds. The first-order valence-corrected chi connectivity index (χ1v) is 9.68. The zero-order valence-electron chi connectivity index (χ0n) is 13.1. The average Bonchev–Trinajstić information content (AvgIpc) is 2.79. The Hall–Kier alpha value is -0.380. The fraction of sp³-hybridized carbons (Fsp3) is 0.588. The normalized spacial score (nSPS) is 24.2. The lowest BCUT2D eigenvalue weighted by Crippen LogP contribution is -2.49. The van der Waals surface area contributed by atoms with Crippen LogP contribution < -0.4 is 0 Å². The first-order chi connectivity index (χ1) is 10.5. The summed E-state index contributed by atoms with van der Waals surface area (Å²) in [5.74, 6) is 1.06. The van der Waals surface area contributed by atoms with Crippen molar-refractivity contribution >= 4 is 45.8 Å². The van der Waals surface area contributed by atoms with Gasteiger partial charge in [-0.1, -0.05) is 60.3 Å². The maximum atomic E-state index is 6.29. The second-order valence-corrected chi connectivity index (χ2v) is 8.48. The Morgan fingerprint density at radius 3 is 2.41 bits per heavy atom. The van der Waals surface area contributed by atoms with Crippen molar-refractivity contribution in [2.24, 2.45) is 4.99 Å². The van der Waals surface area contributed by atoms with E-state index in [1.54, 1.807) is 0 Å². The molecule has 1 aromatic rings. The fourth-order valence-electron chi connectivity index (χ4n) is 3.41. The van der Waals surface area contributed by atoms with E-state index in [9.17, 15) is 0 Å². The molecular weight excluding hydrogens is 335 g/mol.